The third kappa shape index (κ3) is 4.24. The molecule has 1 saturated carbocycles. The van der Waals surface area contributed by atoms with Crippen LogP contribution >= 0.6 is 0 Å². The zero-order valence-electron chi connectivity index (χ0n) is 12.5. The molecule has 0 aromatic heterocycles. The molecule has 3 atom stereocenters. The zero-order valence-corrected chi connectivity index (χ0v) is 12.5. The van der Waals surface area contributed by atoms with Crippen molar-refractivity contribution in [1.29, 1.82) is 0 Å². The van der Waals surface area contributed by atoms with Crippen LogP contribution in [0.3, 0.4) is 0 Å². The van der Waals surface area contributed by atoms with Crippen LogP contribution in [0.25, 0.3) is 0 Å². The standard InChI is InChI=1S/C16H32N2/c1-3-11-17-15-7-5-12-18(13-15)16-8-4-6-14(2)9-10-16/h14-17H,3-13H2,1-2H3. The molecule has 0 amide bonds. The predicted octanol–water partition coefficient (Wildman–Crippen LogP) is 3.42. The maximum absolute atomic E-state index is 3.72. The van der Waals surface area contributed by atoms with Crippen LogP contribution in [0, 0.1) is 5.92 Å². The molecule has 1 saturated heterocycles. The molecule has 0 aromatic carbocycles. The number of hydrogen-bond donors (Lipinski definition) is 1. The van der Waals surface area contributed by atoms with Gasteiger partial charge in [0.05, 0.1) is 0 Å². The summed E-state index contributed by atoms with van der Waals surface area (Å²) in [4.78, 5) is 2.80. The summed E-state index contributed by atoms with van der Waals surface area (Å²) in [5.74, 6) is 0.966. The monoisotopic (exact) mass is 252 g/mol. The van der Waals surface area contributed by atoms with E-state index in [4.69, 9.17) is 0 Å². The van der Waals surface area contributed by atoms with Crippen molar-refractivity contribution < 1.29 is 0 Å². The molecule has 1 heterocycles. The lowest BCUT2D eigenvalue weighted by molar-refractivity contribution is 0.125. The van der Waals surface area contributed by atoms with Gasteiger partial charge in [0.2, 0.25) is 0 Å². The van der Waals surface area contributed by atoms with Crippen LogP contribution in [0.1, 0.15) is 65.2 Å². The minimum absolute atomic E-state index is 0.763. The van der Waals surface area contributed by atoms with Crippen molar-refractivity contribution in [3.63, 3.8) is 0 Å². The van der Waals surface area contributed by atoms with Crippen LogP contribution in [-0.4, -0.2) is 36.6 Å². The summed E-state index contributed by atoms with van der Waals surface area (Å²) in [7, 11) is 0. The SMILES string of the molecule is CCCNC1CCCN(C2CCCC(C)CC2)C1. The zero-order chi connectivity index (χ0) is 12.8. The van der Waals surface area contributed by atoms with Gasteiger partial charge in [-0.05, 0) is 57.5 Å². The molecule has 1 N–H and O–H groups in total. The lowest BCUT2D eigenvalue weighted by Crippen LogP contribution is -2.49. The summed E-state index contributed by atoms with van der Waals surface area (Å²) in [6, 6.07) is 1.65. The molecule has 2 heteroatoms. The predicted molar refractivity (Wildman–Crippen MR) is 78.9 cm³/mol. The second-order valence-electron chi connectivity index (χ2n) is 6.56. The van der Waals surface area contributed by atoms with Gasteiger partial charge in [0.1, 0.15) is 0 Å². The third-order valence-electron chi connectivity index (χ3n) is 4.88. The molecular formula is C16H32N2. The summed E-state index contributed by atoms with van der Waals surface area (Å²) < 4.78 is 0. The van der Waals surface area contributed by atoms with Gasteiger partial charge in [0, 0.05) is 18.6 Å². The average molecular weight is 252 g/mol. The molecule has 0 radical (unpaired) electrons. The maximum atomic E-state index is 3.72. The van der Waals surface area contributed by atoms with Crippen LogP contribution in [0.2, 0.25) is 0 Å². The number of likely N-dealkylation sites (tertiary alicyclic amines) is 1. The Morgan fingerprint density at radius 3 is 2.78 bits per heavy atom. The topological polar surface area (TPSA) is 15.3 Å². The van der Waals surface area contributed by atoms with Gasteiger partial charge < -0.3 is 5.32 Å². The summed E-state index contributed by atoms with van der Waals surface area (Å²) in [6.07, 6.45) is 11.3. The maximum Gasteiger partial charge on any atom is 0.0195 e. The minimum atomic E-state index is 0.763. The highest BCUT2D eigenvalue weighted by molar-refractivity contribution is 4.84. The van der Waals surface area contributed by atoms with Crippen molar-refractivity contribution in [2.45, 2.75) is 77.3 Å². The van der Waals surface area contributed by atoms with E-state index < -0.39 is 0 Å². The van der Waals surface area contributed by atoms with Gasteiger partial charge in [-0.3, -0.25) is 4.90 Å². The third-order valence-corrected chi connectivity index (χ3v) is 4.88. The molecule has 3 unspecified atom stereocenters. The van der Waals surface area contributed by atoms with Crippen molar-refractivity contribution >= 4 is 0 Å². The number of nitrogens with one attached hydrogen (secondary N) is 1. The van der Waals surface area contributed by atoms with Gasteiger partial charge in [0.25, 0.3) is 0 Å². The summed E-state index contributed by atoms with van der Waals surface area (Å²) in [5.41, 5.74) is 0. The van der Waals surface area contributed by atoms with Gasteiger partial charge in [-0.15, -0.1) is 0 Å². The molecule has 0 aromatic rings. The Morgan fingerprint density at radius 2 is 1.94 bits per heavy atom. The lowest BCUT2D eigenvalue weighted by Gasteiger charge is -2.38. The second kappa shape index (κ2) is 7.49. The fraction of sp³-hybridized carbons (Fsp3) is 1.00. The Balaban J connectivity index is 1.80. The molecule has 1 aliphatic carbocycles. The first-order valence-electron chi connectivity index (χ1n) is 8.27. The normalized spacial score (nSPS) is 35.3. The van der Waals surface area contributed by atoms with Crippen molar-refractivity contribution in [2.24, 2.45) is 5.92 Å². The van der Waals surface area contributed by atoms with Gasteiger partial charge in [-0.2, -0.15) is 0 Å². The van der Waals surface area contributed by atoms with Crippen LogP contribution in [-0.2, 0) is 0 Å². The van der Waals surface area contributed by atoms with Gasteiger partial charge in [-0.25, -0.2) is 0 Å². The van der Waals surface area contributed by atoms with Crippen molar-refractivity contribution in [3.8, 4) is 0 Å². The van der Waals surface area contributed by atoms with Gasteiger partial charge in [0.15, 0.2) is 0 Å². The molecule has 106 valence electrons. The highest BCUT2D eigenvalue weighted by Crippen LogP contribution is 2.27. The first-order valence-corrected chi connectivity index (χ1v) is 8.27. The van der Waals surface area contributed by atoms with E-state index in [-0.39, 0.29) is 0 Å². The second-order valence-corrected chi connectivity index (χ2v) is 6.56. The molecule has 2 rings (SSSR count). The van der Waals surface area contributed by atoms with E-state index in [1.165, 1.54) is 71.0 Å². The van der Waals surface area contributed by atoms with E-state index in [1.54, 1.807) is 0 Å². The number of piperidine rings is 1. The Hall–Kier alpha value is -0.0800. The lowest BCUT2D eigenvalue weighted by atomic mass is 9.99. The van der Waals surface area contributed by atoms with E-state index in [0.29, 0.717) is 0 Å². The van der Waals surface area contributed by atoms with Gasteiger partial charge >= 0.3 is 0 Å². The van der Waals surface area contributed by atoms with Crippen LogP contribution in [0.4, 0.5) is 0 Å². The molecular weight excluding hydrogens is 220 g/mol. The van der Waals surface area contributed by atoms with E-state index >= 15 is 0 Å². The Bertz CT molecular complexity index is 229. The fourth-order valence-corrected chi connectivity index (χ4v) is 3.69. The van der Waals surface area contributed by atoms with Crippen molar-refractivity contribution in [1.82, 2.24) is 10.2 Å². The number of hydrogen-bond acceptors (Lipinski definition) is 2. The molecule has 2 aliphatic rings. The highest BCUT2D eigenvalue weighted by atomic mass is 15.2. The minimum Gasteiger partial charge on any atom is -0.313 e. The Labute approximate surface area is 114 Å². The molecule has 2 nitrogen and oxygen atoms in total. The van der Waals surface area contributed by atoms with Crippen LogP contribution in [0.5, 0.6) is 0 Å². The first-order chi connectivity index (χ1) is 8.79. The molecule has 1 aliphatic heterocycles. The summed E-state index contributed by atoms with van der Waals surface area (Å²) in [6.45, 7) is 8.55. The number of nitrogens with zero attached hydrogens (tertiary/aromatic N) is 1. The first kappa shape index (κ1) is 14.3. The smallest absolute Gasteiger partial charge is 0.0195 e. The summed E-state index contributed by atoms with van der Waals surface area (Å²) >= 11 is 0. The summed E-state index contributed by atoms with van der Waals surface area (Å²) in [5, 5.41) is 3.72. The molecule has 2 fully saturated rings. The largest absolute Gasteiger partial charge is 0.313 e. The van der Waals surface area contributed by atoms with Crippen molar-refractivity contribution in [3.05, 3.63) is 0 Å². The average Bonchev–Trinajstić information content (AvgIpc) is 2.61. The van der Waals surface area contributed by atoms with Crippen LogP contribution in [0.15, 0.2) is 0 Å². The van der Waals surface area contributed by atoms with E-state index in [0.717, 1.165) is 18.0 Å². The number of rotatable bonds is 4. The molecule has 0 bridgehead atoms. The Morgan fingerprint density at radius 1 is 1.06 bits per heavy atom. The highest BCUT2D eigenvalue weighted by Gasteiger charge is 2.26. The van der Waals surface area contributed by atoms with E-state index in [1.807, 2.05) is 0 Å². The Kier molecular flexibility index (Phi) is 5.97. The quantitative estimate of drug-likeness (QED) is 0.771. The molecule has 18 heavy (non-hydrogen) atoms. The molecule has 0 spiro atoms. The van der Waals surface area contributed by atoms with E-state index in [9.17, 15) is 0 Å². The van der Waals surface area contributed by atoms with Crippen molar-refractivity contribution in [2.75, 3.05) is 19.6 Å². The fourth-order valence-electron chi connectivity index (χ4n) is 3.69. The van der Waals surface area contributed by atoms with Crippen LogP contribution < -0.4 is 5.32 Å². The van der Waals surface area contributed by atoms with Gasteiger partial charge in [-0.1, -0.05) is 26.7 Å². The van der Waals surface area contributed by atoms with E-state index in [2.05, 4.69) is 24.1 Å².